The van der Waals surface area contributed by atoms with Gasteiger partial charge in [-0.1, -0.05) is 0 Å². The van der Waals surface area contributed by atoms with Crippen LogP contribution < -0.4 is 5.32 Å². The highest BCUT2D eigenvalue weighted by Crippen LogP contribution is 2.23. The molecule has 0 spiro atoms. The molecule has 2 aliphatic rings. The normalized spacial score (nSPS) is 30.2. The molecule has 0 aromatic rings. The molecule has 0 aromatic carbocycles. The van der Waals surface area contributed by atoms with Crippen LogP contribution >= 0.6 is 0 Å². The van der Waals surface area contributed by atoms with Gasteiger partial charge < -0.3 is 10.5 Å². The van der Waals surface area contributed by atoms with Crippen LogP contribution in [0.4, 0.5) is 0 Å². The maximum Gasteiger partial charge on any atom is 0.199 e. The molecule has 0 saturated carbocycles. The lowest BCUT2D eigenvalue weighted by Crippen LogP contribution is -2.15. The minimum atomic E-state index is 0.602. The summed E-state index contributed by atoms with van der Waals surface area (Å²) in [6, 6.07) is 0. The van der Waals surface area contributed by atoms with Crippen molar-refractivity contribution in [2.45, 2.75) is 12.8 Å². The maximum absolute atomic E-state index is 10.8. The number of nitrogens with one attached hydrogen (secondary N) is 1. The van der Waals surface area contributed by atoms with E-state index in [9.17, 15) is 5.21 Å². The molecule has 2 aliphatic heterocycles. The van der Waals surface area contributed by atoms with E-state index in [1.807, 2.05) is 0 Å². The van der Waals surface area contributed by atoms with Crippen molar-refractivity contribution in [2.75, 3.05) is 6.54 Å². The molecule has 0 aliphatic carbocycles. The van der Waals surface area contributed by atoms with E-state index < -0.39 is 0 Å². The monoisotopic (exact) mass is 138 g/mol. The summed E-state index contributed by atoms with van der Waals surface area (Å²) >= 11 is 0. The first kappa shape index (κ1) is 5.77. The van der Waals surface area contributed by atoms with Crippen LogP contribution in [-0.2, 0) is 0 Å². The molecular weight excluding hydrogens is 128 g/mol. The Morgan fingerprint density at radius 1 is 1.70 bits per heavy atom. The maximum atomic E-state index is 10.8. The molecular formula is C7H10N2O. The summed E-state index contributed by atoms with van der Waals surface area (Å²) in [7, 11) is 0. The van der Waals surface area contributed by atoms with E-state index in [-0.39, 0.29) is 0 Å². The third kappa shape index (κ3) is 0.781. The largest absolute Gasteiger partial charge is 0.619 e. The summed E-state index contributed by atoms with van der Waals surface area (Å²) in [5.74, 6) is 0.602. The number of fused-ring (bicyclic) bond motifs is 1. The zero-order valence-electron chi connectivity index (χ0n) is 5.71. The fourth-order valence-electron chi connectivity index (χ4n) is 1.51. The highest BCUT2D eigenvalue weighted by atomic mass is 16.5. The zero-order valence-corrected chi connectivity index (χ0v) is 5.71. The Morgan fingerprint density at radius 3 is 3.50 bits per heavy atom. The van der Waals surface area contributed by atoms with Crippen LogP contribution in [0.2, 0.25) is 0 Å². The third-order valence-electron chi connectivity index (χ3n) is 2.10. The van der Waals surface area contributed by atoms with E-state index in [0.717, 1.165) is 23.4 Å². The lowest BCUT2D eigenvalue weighted by Gasteiger charge is -2.11. The molecule has 0 radical (unpaired) electrons. The SMILES string of the molecule is [O-][N+]1=CCC2CCNC2=C1. The predicted molar refractivity (Wildman–Crippen MR) is 38.5 cm³/mol. The van der Waals surface area contributed by atoms with Gasteiger partial charge in [-0.25, -0.2) is 0 Å². The van der Waals surface area contributed by atoms with Gasteiger partial charge >= 0.3 is 0 Å². The van der Waals surface area contributed by atoms with Crippen molar-refractivity contribution >= 4 is 6.21 Å². The van der Waals surface area contributed by atoms with Crippen LogP contribution in [0.3, 0.4) is 0 Å². The van der Waals surface area contributed by atoms with Gasteiger partial charge in [0.15, 0.2) is 12.4 Å². The summed E-state index contributed by atoms with van der Waals surface area (Å²) in [4.78, 5) is 0. The molecule has 3 nitrogen and oxygen atoms in total. The topological polar surface area (TPSA) is 38.1 Å². The second-order valence-electron chi connectivity index (χ2n) is 2.77. The average Bonchev–Trinajstić information content (AvgIpc) is 2.33. The first-order chi connectivity index (χ1) is 4.86. The smallest absolute Gasteiger partial charge is 0.199 e. The molecule has 1 saturated heterocycles. The Bertz CT molecular complexity index is 208. The van der Waals surface area contributed by atoms with Gasteiger partial charge in [0.05, 0.1) is 5.70 Å². The van der Waals surface area contributed by atoms with Gasteiger partial charge in [0.1, 0.15) is 0 Å². The minimum Gasteiger partial charge on any atom is -0.619 e. The van der Waals surface area contributed by atoms with Crippen molar-refractivity contribution in [3.8, 4) is 0 Å². The Balaban J connectivity index is 2.24. The van der Waals surface area contributed by atoms with Gasteiger partial charge in [-0.2, -0.15) is 4.74 Å². The molecule has 0 bridgehead atoms. The molecule has 1 atom stereocenters. The van der Waals surface area contributed by atoms with Gasteiger partial charge in [0.2, 0.25) is 0 Å². The van der Waals surface area contributed by atoms with E-state index >= 15 is 0 Å². The number of rotatable bonds is 0. The number of allylic oxidation sites excluding steroid dienone is 1. The summed E-state index contributed by atoms with van der Waals surface area (Å²) in [5, 5.41) is 13.9. The quantitative estimate of drug-likeness (QED) is 0.389. The molecule has 1 fully saturated rings. The molecule has 54 valence electrons. The van der Waals surface area contributed by atoms with Crippen molar-refractivity contribution < 1.29 is 4.74 Å². The van der Waals surface area contributed by atoms with Crippen molar-refractivity contribution in [1.82, 2.24) is 5.32 Å². The number of nitrogens with zero attached hydrogens (tertiary/aromatic N) is 1. The van der Waals surface area contributed by atoms with Crippen LogP contribution in [0.15, 0.2) is 11.9 Å². The number of hydrogen-bond donors (Lipinski definition) is 1. The Morgan fingerprint density at radius 2 is 2.60 bits per heavy atom. The van der Waals surface area contributed by atoms with Crippen molar-refractivity contribution in [3.63, 3.8) is 0 Å². The van der Waals surface area contributed by atoms with Crippen LogP contribution in [0.1, 0.15) is 12.8 Å². The van der Waals surface area contributed by atoms with Crippen molar-refractivity contribution in [3.05, 3.63) is 17.1 Å². The highest BCUT2D eigenvalue weighted by molar-refractivity contribution is 5.54. The Labute approximate surface area is 59.6 Å². The van der Waals surface area contributed by atoms with Crippen molar-refractivity contribution in [1.29, 1.82) is 0 Å². The van der Waals surface area contributed by atoms with Gasteiger partial charge in [-0.05, 0) is 6.42 Å². The molecule has 10 heavy (non-hydrogen) atoms. The first-order valence-electron chi connectivity index (χ1n) is 3.60. The van der Waals surface area contributed by atoms with E-state index in [1.54, 1.807) is 12.4 Å². The third-order valence-corrected chi connectivity index (χ3v) is 2.10. The van der Waals surface area contributed by atoms with Crippen LogP contribution in [0.25, 0.3) is 0 Å². The molecule has 0 amide bonds. The average molecular weight is 138 g/mol. The van der Waals surface area contributed by atoms with E-state index in [2.05, 4.69) is 5.32 Å². The van der Waals surface area contributed by atoms with Gasteiger partial charge in [0.25, 0.3) is 0 Å². The Kier molecular flexibility index (Phi) is 1.16. The van der Waals surface area contributed by atoms with Gasteiger partial charge in [-0.15, -0.1) is 0 Å². The fourth-order valence-corrected chi connectivity index (χ4v) is 1.51. The van der Waals surface area contributed by atoms with Crippen molar-refractivity contribution in [2.24, 2.45) is 5.92 Å². The number of hydroxylamine groups is 1. The van der Waals surface area contributed by atoms with E-state index in [1.165, 1.54) is 6.42 Å². The van der Waals surface area contributed by atoms with Crippen LogP contribution in [0.5, 0.6) is 0 Å². The predicted octanol–water partition coefficient (Wildman–Crippen LogP) is 0.422. The lowest BCUT2D eigenvalue weighted by molar-refractivity contribution is -0.378. The second-order valence-corrected chi connectivity index (χ2v) is 2.77. The fraction of sp³-hybridized carbons (Fsp3) is 0.571. The van der Waals surface area contributed by atoms with E-state index in [4.69, 9.17) is 0 Å². The minimum absolute atomic E-state index is 0.602. The molecule has 2 heterocycles. The number of hydrogen-bond acceptors (Lipinski definition) is 2. The zero-order chi connectivity index (χ0) is 6.97. The molecule has 1 unspecified atom stereocenters. The standard InChI is InChI=1S/C7H10N2O/c10-9-4-2-6-1-3-8-7(6)5-9/h4-6,8H,1-3H2. The summed E-state index contributed by atoms with van der Waals surface area (Å²) in [6.07, 6.45) is 5.42. The molecule has 0 aromatic heterocycles. The summed E-state index contributed by atoms with van der Waals surface area (Å²) < 4.78 is 0.893. The molecule has 3 heteroatoms. The Hall–Kier alpha value is -0.990. The summed E-state index contributed by atoms with van der Waals surface area (Å²) in [6.45, 7) is 1.03. The molecule has 1 N–H and O–H groups in total. The van der Waals surface area contributed by atoms with Gasteiger partial charge in [0, 0.05) is 18.9 Å². The second kappa shape index (κ2) is 2.01. The van der Waals surface area contributed by atoms with Crippen LogP contribution in [0, 0.1) is 11.1 Å². The summed E-state index contributed by atoms with van der Waals surface area (Å²) in [5.41, 5.74) is 1.12. The van der Waals surface area contributed by atoms with Crippen LogP contribution in [-0.4, -0.2) is 17.5 Å². The highest BCUT2D eigenvalue weighted by Gasteiger charge is 2.24. The van der Waals surface area contributed by atoms with Gasteiger partial charge in [-0.3, -0.25) is 0 Å². The first-order valence-corrected chi connectivity index (χ1v) is 3.60. The molecule has 2 rings (SSSR count). The van der Waals surface area contributed by atoms with E-state index in [0.29, 0.717) is 5.92 Å². The lowest BCUT2D eigenvalue weighted by atomic mass is 10.0.